The van der Waals surface area contributed by atoms with Crippen LogP contribution in [0.25, 0.3) is 0 Å². The maximum atomic E-state index is 11.9. The van der Waals surface area contributed by atoms with E-state index in [1.807, 2.05) is 0 Å². The molecule has 2 rings (SSSR count). The predicted octanol–water partition coefficient (Wildman–Crippen LogP) is 0.617. The highest BCUT2D eigenvalue weighted by molar-refractivity contribution is 7.90. The van der Waals surface area contributed by atoms with Gasteiger partial charge in [-0.25, -0.2) is 13.1 Å². The lowest BCUT2D eigenvalue weighted by molar-refractivity contribution is 0.0320. The Morgan fingerprint density at radius 2 is 1.94 bits per heavy atom. The summed E-state index contributed by atoms with van der Waals surface area (Å²) in [4.78, 5) is 0. The van der Waals surface area contributed by atoms with Crippen LogP contribution in [0.5, 0.6) is 0 Å². The van der Waals surface area contributed by atoms with Crippen molar-refractivity contribution in [3.8, 4) is 0 Å². The Labute approximate surface area is 110 Å². The summed E-state index contributed by atoms with van der Waals surface area (Å²) in [6, 6.07) is 0. The van der Waals surface area contributed by atoms with E-state index in [1.165, 1.54) is 19.3 Å². The number of hydrogen-bond acceptors (Lipinski definition) is 4. The molecule has 1 saturated heterocycles. The van der Waals surface area contributed by atoms with Crippen molar-refractivity contribution < 1.29 is 13.2 Å². The second-order valence-electron chi connectivity index (χ2n) is 5.18. The molecule has 2 fully saturated rings. The summed E-state index contributed by atoms with van der Waals surface area (Å²) in [6.07, 6.45) is 7.09. The van der Waals surface area contributed by atoms with Gasteiger partial charge in [0.1, 0.15) is 0 Å². The van der Waals surface area contributed by atoms with Crippen molar-refractivity contribution in [1.82, 2.24) is 10.0 Å². The molecule has 0 amide bonds. The summed E-state index contributed by atoms with van der Waals surface area (Å²) in [5.74, 6) is 0. The maximum absolute atomic E-state index is 11.9. The maximum Gasteiger partial charge on any atom is 0.215 e. The van der Waals surface area contributed by atoms with Crippen LogP contribution in [0.3, 0.4) is 0 Å². The summed E-state index contributed by atoms with van der Waals surface area (Å²) in [5, 5.41) is 2.80. The van der Waals surface area contributed by atoms with Crippen molar-refractivity contribution in [2.75, 3.05) is 26.2 Å². The van der Waals surface area contributed by atoms with Crippen molar-refractivity contribution in [3.05, 3.63) is 0 Å². The lowest BCUT2D eigenvalue weighted by Crippen LogP contribution is -2.37. The molecule has 18 heavy (non-hydrogen) atoms. The molecule has 0 radical (unpaired) electrons. The van der Waals surface area contributed by atoms with Crippen molar-refractivity contribution in [2.45, 2.75) is 49.9 Å². The van der Waals surface area contributed by atoms with Crippen LogP contribution >= 0.6 is 0 Å². The van der Waals surface area contributed by atoms with Gasteiger partial charge >= 0.3 is 0 Å². The molecule has 1 atom stereocenters. The van der Waals surface area contributed by atoms with Crippen LogP contribution in [-0.2, 0) is 14.8 Å². The first-order valence-electron chi connectivity index (χ1n) is 6.99. The molecule has 106 valence electrons. The quantitative estimate of drug-likeness (QED) is 0.698. The molecule has 1 aliphatic carbocycles. The summed E-state index contributed by atoms with van der Waals surface area (Å²) in [5.41, 5.74) is 0. The molecule has 1 saturated carbocycles. The van der Waals surface area contributed by atoms with Crippen LogP contribution in [0.4, 0.5) is 0 Å². The summed E-state index contributed by atoms with van der Waals surface area (Å²) in [7, 11) is -3.16. The Kier molecular flexibility index (Phi) is 5.41. The Morgan fingerprint density at radius 1 is 1.17 bits per heavy atom. The fraction of sp³-hybridized carbons (Fsp3) is 1.00. The van der Waals surface area contributed by atoms with Crippen molar-refractivity contribution >= 4 is 10.0 Å². The molecule has 5 nitrogen and oxygen atoms in total. The number of ether oxygens (including phenoxy) is 1. The highest BCUT2D eigenvalue weighted by Gasteiger charge is 2.27. The topological polar surface area (TPSA) is 67.4 Å². The highest BCUT2D eigenvalue weighted by Crippen LogP contribution is 2.19. The Morgan fingerprint density at radius 3 is 2.61 bits per heavy atom. The molecule has 2 aliphatic rings. The first-order valence-corrected chi connectivity index (χ1v) is 8.54. The molecule has 6 heteroatoms. The van der Waals surface area contributed by atoms with E-state index in [2.05, 4.69) is 10.0 Å². The average Bonchev–Trinajstić information content (AvgIpc) is 2.91. The zero-order chi connectivity index (χ0) is 12.8. The summed E-state index contributed by atoms with van der Waals surface area (Å²) >= 11 is 0. The van der Waals surface area contributed by atoms with Crippen LogP contribution in [0.2, 0.25) is 0 Å². The first-order chi connectivity index (χ1) is 8.68. The molecular weight excluding hydrogens is 252 g/mol. The van der Waals surface area contributed by atoms with Gasteiger partial charge in [0.25, 0.3) is 0 Å². The number of rotatable bonds is 6. The van der Waals surface area contributed by atoms with Gasteiger partial charge in [-0.15, -0.1) is 0 Å². The zero-order valence-corrected chi connectivity index (χ0v) is 11.7. The van der Waals surface area contributed by atoms with E-state index >= 15 is 0 Å². The van der Waals surface area contributed by atoms with Crippen molar-refractivity contribution in [2.24, 2.45) is 0 Å². The van der Waals surface area contributed by atoms with E-state index in [1.54, 1.807) is 0 Å². The van der Waals surface area contributed by atoms with Crippen LogP contribution in [0.15, 0.2) is 0 Å². The first kappa shape index (κ1) is 14.2. The molecule has 0 aromatic heterocycles. The number of sulfonamides is 1. The third-order valence-corrected chi connectivity index (χ3v) is 5.65. The Hall–Kier alpha value is -0.170. The smallest absolute Gasteiger partial charge is 0.215 e. The minimum atomic E-state index is -3.16. The normalized spacial score (nSPS) is 26.6. The SMILES string of the molecule is O=S(=O)(NCCOC1CCCCC1)C1CCNC1. The van der Waals surface area contributed by atoms with E-state index in [0.29, 0.717) is 32.2 Å². The molecule has 0 aromatic carbocycles. The third kappa shape index (κ3) is 4.19. The Balaban J connectivity index is 1.62. The van der Waals surface area contributed by atoms with E-state index in [0.717, 1.165) is 19.4 Å². The summed E-state index contributed by atoms with van der Waals surface area (Å²) < 4.78 is 32.1. The molecule has 0 aromatic rings. The fourth-order valence-corrected chi connectivity index (χ4v) is 4.02. The number of nitrogens with one attached hydrogen (secondary N) is 2. The van der Waals surface area contributed by atoms with Crippen molar-refractivity contribution in [3.63, 3.8) is 0 Å². The molecular formula is C12H24N2O3S. The van der Waals surface area contributed by atoms with Crippen LogP contribution in [0, 0.1) is 0 Å². The molecule has 1 aliphatic heterocycles. The minimum absolute atomic E-state index is 0.271. The van der Waals surface area contributed by atoms with Gasteiger partial charge in [0.05, 0.1) is 18.0 Å². The fourth-order valence-electron chi connectivity index (χ4n) is 2.65. The van der Waals surface area contributed by atoms with E-state index in [-0.39, 0.29) is 5.25 Å². The van der Waals surface area contributed by atoms with E-state index in [9.17, 15) is 8.42 Å². The van der Waals surface area contributed by atoms with Gasteiger partial charge in [-0.05, 0) is 25.8 Å². The van der Waals surface area contributed by atoms with Gasteiger partial charge in [-0.1, -0.05) is 19.3 Å². The second kappa shape index (κ2) is 6.84. The predicted molar refractivity (Wildman–Crippen MR) is 71.0 cm³/mol. The lowest BCUT2D eigenvalue weighted by Gasteiger charge is -2.22. The average molecular weight is 276 g/mol. The largest absolute Gasteiger partial charge is 0.377 e. The minimum Gasteiger partial charge on any atom is -0.377 e. The summed E-state index contributed by atoms with van der Waals surface area (Å²) in [6.45, 7) is 2.25. The lowest BCUT2D eigenvalue weighted by atomic mass is 9.98. The molecule has 0 bridgehead atoms. The van der Waals surface area contributed by atoms with Crippen LogP contribution < -0.4 is 10.0 Å². The van der Waals surface area contributed by atoms with Gasteiger partial charge in [0, 0.05) is 13.1 Å². The van der Waals surface area contributed by atoms with Gasteiger partial charge in [0.15, 0.2) is 0 Å². The number of hydrogen-bond donors (Lipinski definition) is 2. The second-order valence-corrected chi connectivity index (χ2v) is 7.23. The molecule has 1 heterocycles. The van der Waals surface area contributed by atoms with Gasteiger partial charge in [-0.3, -0.25) is 0 Å². The molecule has 2 N–H and O–H groups in total. The van der Waals surface area contributed by atoms with Crippen LogP contribution in [0.1, 0.15) is 38.5 Å². The van der Waals surface area contributed by atoms with Crippen LogP contribution in [-0.4, -0.2) is 46.0 Å². The standard InChI is InChI=1S/C12H24N2O3S/c15-18(16,12-6-7-13-10-12)14-8-9-17-11-4-2-1-3-5-11/h11-14H,1-10H2. The Bertz CT molecular complexity index is 333. The van der Waals surface area contributed by atoms with E-state index in [4.69, 9.17) is 4.74 Å². The van der Waals surface area contributed by atoms with E-state index < -0.39 is 10.0 Å². The van der Waals surface area contributed by atoms with Crippen molar-refractivity contribution in [1.29, 1.82) is 0 Å². The van der Waals surface area contributed by atoms with Gasteiger partial charge in [-0.2, -0.15) is 0 Å². The molecule has 1 unspecified atom stereocenters. The van der Waals surface area contributed by atoms with Gasteiger partial charge in [0.2, 0.25) is 10.0 Å². The van der Waals surface area contributed by atoms with Gasteiger partial charge < -0.3 is 10.1 Å². The monoisotopic (exact) mass is 276 g/mol. The molecule has 0 spiro atoms. The third-order valence-electron chi connectivity index (χ3n) is 3.76. The zero-order valence-electron chi connectivity index (χ0n) is 10.9. The highest BCUT2D eigenvalue weighted by atomic mass is 32.2.